The number of rotatable bonds is 4. The Labute approximate surface area is 117 Å². The van der Waals surface area contributed by atoms with Crippen LogP contribution < -0.4 is 10.1 Å². The third-order valence-corrected chi connectivity index (χ3v) is 4.46. The van der Waals surface area contributed by atoms with E-state index in [1.54, 1.807) is 7.11 Å². The summed E-state index contributed by atoms with van der Waals surface area (Å²) < 4.78 is 5.61. The number of ether oxygens (including phenoxy) is 1. The van der Waals surface area contributed by atoms with Crippen LogP contribution in [0.2, 0.25) is 0 Å². The molecule has 1 aliphatic carbocycles. The molecular formula is C17H27NO. The molecule has 0 unspecified atom stereocenters. The van der Waals surface area contributed by atoms with Crippen molar-refractivity contribution in [2.75, 3.05) is 20.7 Å². The highest BCUT2D eigenvalue weighted by atomic mass is 16.5. The number of hydrogen-bond acceptors (Lipinski definition) is 2. The average Bonchev–Trinajstić information content (AvgIpc) is 2.32. The summed E-state index contributed by atoms with van der Waals surface area (Å²) in [6.45, 7) is 7.84. The van der Waals surface area contributed by atoms with Gasteiger partial charge in [-0.3, -0.25) is 0 Å². The van der Waals surface area contributed by atoms with Gasteiger partial charge in [-0.1, -0.05) is 39.3 Å². The van der Waals surface area contributed by atoms with Crippen LogP contribution >= 0.6 is 0 Å². The fourth-order valence-electron chi connectivity index (χ4n) is 3.07. The first-order valence-corrected chi connectivity index (χ1v) is 7.26. The van der Waals surface area contributed by atoms with Crippen molar-refractivity contribution in [1.82, 2.24) is 5.32 Å². The van der Waals surface area contributed by atoms with Crippen LogP contribution in [0.1, 0.15) is 51.2 Å². The number of hydrogen-bond donors (Lipinski definition) is 1. The van der Waals surface area contributed by atoms with Gasteiger partial charge in [0.2, 0.25) is 0 Å². The second-order valence-electron chi connectivity index (χ2n) is 6.83. The van der Waals surface area contributed by atoms with Gasteiger partial charge >= 0.3 is 0 Å². The van der Waals surface area contributed by atoms with Gasteiger partial charge in [0, 0.05) is 17.5 Å². The van der Waals surface area contributed by atoms with Crippen LogP contribution in [0.4, 0.5) is 0 Å². The fraction of sp³-hybridized carbons (Fsp3) is 0.647. The molecule has 0 saturated heterocycles. The number of likely N-dealkylation sites (N-methyl/N-ethyl adjacent to an activating group) is 1. The molecular weight excluding hydrogens is 234 g/mol. The van der Waals surface area contributed by atoms with Gasteiger partial charge in [-0.05, 0) is 36.9 Å². The lowest BCUT2D eigenvalue weighted by Crippen LogP contribution is -2.43. The molecule has 1 aliphatic rings. The van der Waals surface area contributed by atoms with Crippen LogP contribution in [0, 0.1) is 0 Å². The Bertz CT molecular complexity index is 441. The van der Waals surface area contributed by atoms with Gasteiger partial charge in [-0.25, -0.2) is 0 Å². The van der Waals surface area contributed by atoms with Crippen molar-refractivity contribution >= 4 is 0 Å². The maximum atomic E-state index is 5.61. The molecule has 1 saturated carbocycles. The van der Waals surface area contributed by atoms with Gasteiger partial charge in [0.15, 0.2) is 0 Å². The van der Waals surface area contributed by atoms with Crippen molar-refractivity contribution < 1.29 is 4.74 Å². The second kappa shape index (κ2) is 5.16. The number of methoxy groups -OCH3 is 1. The van der Waals surface area contributed by atoms with E-state index in [2.05, 4.69) is 44.3 Å². The Hall–Kier alpha value is -1.02. The van der Waals surface area contributed by atoms with Crippen molar-refractivity contribution in [1.29, 1.82) is 0 Å². The molecule has 1 N–H and O–H groups in total. The van der Waals surface area contributed by atoms with Crippen LogP contribution in [0.15, 0.2) is 18.2 Å². The third kappa shape index (κ3) is 2.64. The molecule has 2 rings (SSSR count). The summed E-state index contributed by atoms with van der Waals surface area (Å²) >= 11 is 0. The SMILES string of the molecule is CNCC1(c2cc(C(C)(C)C)ccc2OC)CCC1. The monoisotopic (exact) mass is 261 g/mol. The molecule has 2 nitrogen and oxygen atoms in total. The molecule has 0 spiro atoms. The summed E-state index contributed by atoms with van der Waals surface area (Å²) in [6, 6.07) is 6.72. The zero-order chi connectivity index (χ0) is 14.1. The molecule has 2 heteroatoms. The first-order chi connectivity index (χ1) is 8.93. The second-order valence-corrected chi connectivity index (χ2v) is 6.83. The van der Waals surface area contributed by atoms with Crippen molar-refractivity contribution in [3.8, 4) is 5.75 Å². The Kier molecular flexibility index (Phi) is 3.91. The topological polar surface area (TPSA) is 21.3 Å². The average molecular weight is 261 g/mol. The zero-order valence-electron chi connectivity index (χ0n) is 13.0. The summed E-state index contributed by atoms with van der Waals surface area (Å²) in [5.74, 6) is 1.04. The molecule has 0 amide bonds. The van der Waals surface area contributed by atoms with Crippen LogP contribution in [0.25, 0.3) is 0 Å². The maximum absolute atomic E-state index is 5.61. The van der Waals surface area contributed by atoms with Crippen molar-refractivity contribution in [3.05, 3.63) is 29.3 Å². The Morgan fingerprint density at radius 2 is 1.95 bits per heavy atom. The van der Waals surface area contributed by atoms with Gasteiger partial charge in [0.05, 0.1) is 7.11 Å². The molecule has 1 aromatic rings. The first kappa shape index (κ1) is 14.4. The largest absolute Gasteiger partial charge is 0.496 e. The molecule has 1 aromatic carbocycles. The molecule has 0 radical (unpaired) electrons. The third-order valence-electron chi connectivity index (χ3n) is 4.46. The highest BCUT2D eigenvalue weighted by Gasteiger charge is 2.40. The van der Waals surface area contributed by atoms with Gasteiger partial charge in [0.25, 0.3) is 0 Å². The van der Waals surface area contributed by atoms with E-state index < -0.39 is 0 Å². The minimum absolute atomic E-state index is 0.186. The molecule has 0 heterocycles. The van der Waals surface area contributed by atoms with E-state index in [0.29, 0.717) is 0 Å². The molecule has 0 bridgehead atoms. The van der Waals surface area contributed by atoms with E-state index >= 15 is 0 Å². The van der Waals surface area contributed by atoms with E-state index in [4.69, 9.17) is 4.74 Å². The molecule has 0 atom stereocenters. The normalized spacial score (nSPS) is 17.9. The van der Waals surface area contributed by atoms with Crippen LogP contribution in [0.3, 0.4) is 0 Å². The van der Waals surface area contributed by atoms with E-state index in [1.165, 1.54) is 30.4 Å². The predicted molar refractivity (Wildman–Crippen MR) is 81.1 cm³/mol. The van der Waals surface area contributed by atoms with Crippen LogP contribution in [-0.4, -0.2) is 20.7 Å². The summed E-state index contributed by atoms with van der Waals surface area (Å²) in [5, 5.41) is 3.36. The predicted octanol–water partition coefficient (Wildman–Crippen LogP) is 3.63. The lowest BCUT2D eigenvalue weighted by molar-refractivity contribution is 0.230. The summed E-state index contributed by atoms with van der Waals surface area (Å²) in [5.41, 5.74) is 3.25. The van der Waals surface area contributed by atoms with Gasteiger partial charge < -0.3 is 10.1 Å². The van der Waals surface area contributed by atoms with E-state index in [0.717, 1.165) is 12.3 Å². The minimum atomic E-state index is 0.186. The Morgan fingerprint density at radius 3 is 2.37 bits per heavy atom. The van der Waals surface area contributed by atoms with Crippen LogP contribution in [-0.2, 0) is 10.8 Å². The number of nitrogens with one attached hydrogen (secondary N) is 1. The maximum Gasteiger partial charge on any atom is 0.122 e. The van der Waals surface area contributed by atoms with Gasteiger partial charge in [-0.2, -0.15) is 0 Å². The summed E-state index contributed by atoms with van der Waals surface area (Å²) in [4.78, 5) is 0. The van der Waals surface area contributed by atoms with E-state index in [-0.39, 0.29) is 10.8 Å². The van der Waals surface area contributed by atoms with Crippen LogP contribution in [0.5, 0.6) is 5.75 Å². The van der Waals surface area contributed by atoms with Crippen molar-refractivity contribution in [2.45, 2.75) is 50.9 Å². The van der Waals surface area contributed by atoms with E-state index in [9.17, 15) is 0 Å². The van der Waals surface area contributed by atoms with Crippen molar-refractivity contribution in [3.63, 3.8) is 0 Å². The first-order valence-electron chi connectivity index (χ1n) is 7.26. The highest BCUT2D eigenvalue weighted by Crippen LogP contribution is 2.47. The highest BCUT2D eigenvalue weighted by molar-refractivity contribution is 5.46. The quantitative estimate of drug-likeness (QED) is 0.893. The molecule has 0 aromatic heterocycles. The number of benzene rings is 1. The molecule has 106 valence electrons. The summed E-state index contributed by atoms with van der Waals surface area (Å²) in [7, 11) is 3.82. The fourth-order valence-corrected chi connectivity index (χ4v) is 3.07. The standard InChI is InChI=1S/C17H27NO/c1-16(2,3)13-7-8-15(19-5)14(11-13)17(12-18-4)9-6-10-17/h7-8,11,18H,6,9-10,12H2,1-5H3. The van der Waals surface area contributed by atoms with E-state index in [1.807, 2.05) is 7.05 Å². The lowest BCUT2D eigenvalue weighted by atomic mass is 9.63. The smallest absolute Gasteiger partial charge is 0.122 e. The molecule has 0 aliphatic heterocycles. The Balaban J connectivity index is 2.47. The van der Waals surface area contributed by atoms with Gasteiger partial charge in [0.1, 0.15) is 5.75 Å². The van der Waals surface area contributed by atoms with Crippen molar-refractivity contribution in [2.24, 2.45) is 0 Å². The molecule has 1 fully saturated rings. The molecule has 19 heavy (non-hydrogen) atoms. The lowest BCUT2D eigenvalue weighted by Gasteiger charge is -2.43. The Morgan fingerprint density at radius 1 is 1.26 bits per heavy atom. The van der Waals surface area contributed by atoms with Gasteiger partial charge in [-0.15, -0.1) is 0 Å². The zero-order valence-corrected chi connectivity index (χ0v) is 13.0. The minimum Gasteiger partial charge on any atom is -0.496 e. The summed E-state index contributed by atoms with van der Waals surface area (Å²) in [6.07, 6.45) is 3.85.